The van der Waals surface area contributed by atoms with Crippen molar-refractivity contribution in [2.24, 2.45) is 0 Å². The van der Waals surface area contributed by atoms with E-state index in [4.69, 9.17) is 13.9 Å². The zero-order chi connectivity index (χ0) is 25.8. The van der Waals surface area contributed by atoms with Crippen LogP contribution in [0.5, 0.6) is 5.75 Å². The highest BCUT2D eigenvalue weighted by atomic mass is 16.5. The van der Waals surface area contributed by atoms with Crippen LogP contribution in [-0.2, 0) is 22.5 Å². The van der Waals surface area contributed by atoms with Crippen LogP contribution in [0.25, 0.3) is 0 Å². The fourth-order valence-electron chi connectivity index (χ4n) is 3.75. The Morgan fingerprint density at radius 1 is 0.917 bits per heavy atom. The molecule has 8 heteroatoms. The van der Waals surface area contributed by atoms with E-state index >= 15 is 0 Å². The average molecular weight is 494 g/mol. The van der Waals surface area contributed by atoms with Gasteiger partial charge in [0.1, 0.15) is 23.8 Å². The Morgan fingerprint density at radius 3 is 2.31 bits per heavy atom. The molecule has 0 aliphatic carbocycles. The second-order valence-electron chi connectivity index (χ2n) is 8.49. The first kappa shape index (κ1) is 26.8. The van der Waals surface area contributed by atoms with E-state index in [9.17, 15) is 9.59 Å². The standard InChI is InChI=1S/C28H35N3O5/c1-22-10-13-26(36-22)20-30(18-16-23-8-5-4-6-9-23)27(32)21-31(17-7-19-34-2)28(33)29-24-11-14-25(35-3)15-12-24/h4-6,8-15H,7,16-21H2,1-3H3,(H,29,33). The van der Waals surface area contributed by atoms with Crippen molar-refractivity contribution in [1.82, 2.24) is 9.80 Å². The quantitative estimate of drug-likeness (QED) is 0.348. The zero-order valence-corrected chi connectivity index (χ0v) is 21.2. The molecule has 2 aromatic carbocycles. The predicted molar refractivity (Wildman–Crippen MR) is 139 cm³/mol. The normalized spacial score (nSPS) is 10.6. The number of hydrogen-bond acceptors (Lipinski definition) is 5. The van der Waals surface area contributed by atoms with Gasteiger partial charge in [-0.1, -0.05) is 30.3 Å². The van der Waals surface area contributed by atoms with Crippen molar-refractivity contribution in [2.45, 2.75) is 26.3 Å². The minimum absolute atomic E-state index is 0.0554. The second kappa shape index (κ2) is 13.9. The summed E-state index contributed by atoms with van der Waals surface area (Å²) in [5.41, 5.74) is 1.76. The van der Waals surface area contributed by atoms with Gasteiger partial charge in [0.25, 0.3) is 0 Å². The summed E-state index contributed by atoms with van der Waals surface area (Å²) in [4.78, 5) is 29.9. The Labute approximate surface area is 212 Å². The molecule has 1 heterocycles. The number of urea groups is 1. The van der Waals surface area contributed by atoms with Crippen LogP contribution < -0.4 is 10.1 Å². The van der Waals surface area contributed by atoms with Gasteiger partial charge in [-0.25, -0.2) is 4.79 Å². The Morgan fingerprint density at radius 2 is 1.67 bits per heavy atom. The average Bonchev–Trinajstić information content (AvgIpc) is 3.31. The summed E-state index contributed by atoms with van der Waals surface area (Å²) in [6, 6.07) is 20.5. The molecule has 0 unspecified atom stereocenters. The molecule has 3 rings (SSSR count). The van der Waals surface area contributed by atoms with Crippen LogP contribution >= 0.6 is 0 Å². The second-order valence-corrected chi connectivity index (χ2v) is 8.49. The first-order valence-electron chi connectivity index (χ1n) is 12.0. The minimum Gasteiger partial charge on any atom is -0.497 e. The molecule has 3 amide bonds. The third kappa shape index (κ3) is 8.46. The lowest BCUT2D eigenvalue weighted by molar-refractivity contribution is -0.132. The highest BCUT2D eigenvalue weighted by molar-refractivity contribution is 5.92. The minimum atomic E-state index is -0.346. The molecule has 3 aromatic rings. The van der Waals surface area contributed by atoms with E-state index in [1.165, 1.54) is 4.90 Å². The number of furan rings is 1. The zero-order valence-electron chi connectivity index (χ0n) is 21.2. The highest BCUT2D eigenvalue weighted by Gasteiger charge is 2.22. The van der Waals surface area contributed by atoms with Crippen LogP contribution in [0.15, 0.2) is 71.1 Å². The summed E-state index contributed by atoms with van der Waals surface area (Å²) in [6.07, 6.45) is 1.31. The van der Waals surface area contributed by atoms with E-state index in [0.717, 1.165) is 11.3 Å². The van der Waals surface area contributed by atoms with E-state index in [0.29, 0.717) is 56.3 Å². The van der Waals surface area contributed by atoms with E-state index in [2.05, 4.69) is 5.32 Å². The molecule has 1 N–H and O–H groups in total. The van der Waals surface area contributed by atoms with Crippen LogP contribution in [0.1, 0.15) is 23.5 Å². The molecule has 0 saturated carbocycles. The summed E-state index contributed by atoms with van der Waals surface area (Å²) in [6.45, 7) is 3.54. The third-order valence-electron chi connectivity index (χ3n) is 5.74. The molecule has 1 aromatic heterocycles. The van der Waals surface area contributed by atoms with Gasteiger partial charge in [-0.05, 0) is 61.7 Å². The number of carbonyl (C=O) groups excluding carboxylic acids is 2. The number of nitrogens with zero attached hydrogens (tertiary/aromatic N) is 2. The fourth-order valence-corrected chi connectivity index (χ4v) is 3.75. The van der Waals surface area contributed by atoms with E-state index in [1.807, 2.05) is 49.4 Å². The Kier molecular flexibility index (Phi) is 10.4. The number of anilines is 1. The molecule has 0 radical (unpaired) electrons. The number of amides is 3. The van der Waals surface area contributed by atoms with Crippen molar-refractivity contribution in [3.8, 4) is 5.75 Å². The lowest BCUT2D eigenvalue weighted by Gasteiger charge is -2.27. The maximum absolute atomic E-state index is 13.5. The van der Waals surface area contributed by atoms with E-state index < -0.39 is 0 Å². The number of nitrogens with one attached hydrogen (secondary N) is 1. The molecule has 0 bridgehead atoms. The number of carbonyl (C=O) groups is 2. The maximum atomic E-state index is 13.5. The molecular formula is C28H35N3O5. The molecule has 0 spiro atoms. The summed E-state index contributed by atoms with van der Waals surface area (Å²) in [5.74, 6) is 2.05. The molecule has 0 saturated heterocycles. The highest BCUT2D eigenvalue weighted by Crippen LogP contribution is 2.16. The Hall–Kier alpha value is -3.78. The number of rotatable bonds is 13. The van der Waals surface area contributed by atoms with Crippen LogP contribution in [0.3, 0.4) is 0 Å². The van der Waals surface area contributed by atoms with E-state index in [1.54, 1.807) is 43.4 Å². The van der Waals surface area contributed by atoms with Gasteiger partial charge in [0, 0.05) is 32.5 Å². The number of methoxy groups -OCH3 is 2. The SMILES string of the molecule is COCCCN(CC(=O)N(CCc1ccccc1)Cc1ccc(C)o1)C(=O)Nc1ccc(OC)cc1. The molecular weight excluding hydrogens is 458 g/mol. The molecule has 0 aliphatic rings. The van der Waals surface area contributed by atoms with Crippen LogP contribution in [0.2, 0.25) is 0 Å². The number of ether oxygens (including phenoxy) is 2. The predicted octanol–water partition coefficient (Wildman–Crippen LogP) is 4.74. The lowest BCUT2D eigenvalue weighted by atomic mass is 10.1. The van der Waals surface area contributed by atoms with Crippen LogP contribution in [-0.4, -0.2) is 62.2 Å². The molecule has 192 valence electrons. The van der Waals surface area contributed by atoms with E-state index in [-0.39, 0.29) is 18.5 Å². The summed E-state index contributed by atoms with van der Waals surface area (Å²) >= 11 is 0. The van der Waals surface area contributed by atoms with Gasteiger partial charge in [-0.2, -0.15) is 0 Å². The van der Waals surface area contributed by atoms with Gasteiger partial charge >= 0.3 is 6.03 Å². The van der Waals surface area contributed by atoms with Gasteiger partial charge in [0.05, 0.1) is 13.7 Å². The summed E-state index contributed by atoms with van der Waals surface area (Å²) in [7, 11) is 3.20. The topological polar surface area (TPSA) is 84.2 Å². The Bertz CT molecular complexity index is 1080. The monoisotopic (exact) mass is 493 g/mol. The van der Waals surface area contributed by atoms with Gasteiger partial charge in [-0.15, -0.1) is 0 Å². The molecule has 0 fully saturated rings. The van der Waals surface area contributed by atoms with Gasteiger partial charge in [-0.3, -0.25) is 4.79 Å². The van der Waals surface area contributed by atoms with Crippen LogP contribution in [0.4, 0.5) is 10.5 Å². The van der Waals surface area contributed by atoms with Crippen molar-refractivity contribution in [3.63, 3.8) is 0 Å². The maximum Gasteiger partial charge on any atom is 0.322 e. The molecule has 8 nitrogen and oxygen atoms in total. The summed E-state index contributed by atoms with van der Waals surface area (Å²) < 4.78 is 16.1. The number of benzene rings is 2. The largest absolute Gasteiger partial charge is 0.497 e. The number of hydrogen-bond donors (Lipinski definition) is 1. The molecule has 0 atom stereocenters. The van der Waals surface area contributed by atoms with Crippen LogP contribution in [0, 0.1) is 6.92 Å². The van der Waals surface area contributed by atoms with Crippen molar-refractivity contribution in [2.75, 3.05) is 45.8 Å². The Balaban J connectivity index is 1.71. The van der Waals surface area contributed by atoms with Crippen molar-refractivity contribution < 1.29 is 23.5 Å². The molecule has 0 aliphatic heterocycles. The first-order valence-corrected chi connectivity index (χ1v) is 12.0. The van der Waals surface area contributed by atoms with Gasteiger partial charge in [0.2, 0.25) is 5.91 Å². The van der Waals surface area contributed by atoms with Crippen molar-refractivity contribution in [3.05, 3.63) is 83.8 Å². The first-order chi connectivity index (χ1) is 17.5. The number of aryl methyl sites for hydroxylation is 1. The van der Waals surface area contributed by atoms with Gasteiger partial charge < -0.3 is 29.0 Å². The van der Waals surface area contributed by atoms with Gasteiger partial charge in [0.15, 0.2) is 0 Å². The van der Waals surface area contributed by atoms with Crippen molar-refractivity contribution >= 4 is 17.6 Å². The molecule has 36 heavy (non-hydrogen) atoms. The van der Waals surface area contributed by atoms with Crippen molar-refractivity contribution in [1.29, 1.82) is 0 Å². The smallest absolute Gasteiger partial charge is 0.322 e. The lowest BCUT2D eigenvalue weighted by Crippen LogP contribution is -2.45. The fraction of sp³-hybridized carbons (Fsp3) is 0.357. The third-order valence-corrected chi connectivity index (χ3v) is 5.74. The summed E-state index contributed by atoms with van der Waals surface area (Å²) in [5, 5.41) is 2.88.